The molecule has 596 valence electrons. The van der Waals surface area contributed by atoms with Crippen LogP contribution >= 0.6 is 23.2 Å². The molecule has 0 spiro atoms. The van der Waals surface area contributed by atoms with Crippen LogP contribution in [0.25, 0.3) is 33.4 Å². The predicted molar refractivity (Wildman–Crippen MR) is 423 cm³/mol. The molecule has 10 aromatic rings. The molecular weight excluding hydrogens is 1590 g/mol. The fraction of sp³-hybridized carbons (Fsp3) is 0.210. The number of ketones is 1. The van der Waals surface area contributed by atoms with E-state index in [9.17, 15) is 57.2 Å². The van der Waals surface area contributed by atoms with E-state index in [1.54, 1.807) is 104 Å². The lowest BCUT2D eigenvalue weighted by Crippen LogP contribution is -2.33. The number of carbonyl (C=O) groups is 4. The van der Waals surface area contributed by atoms with Crippen molar-refractivity contribution in [2.75, 3.05) is 46.8 Å². The third-order valence-corrected chi connectivity index (χ3v) is 27.7. The minimum absolute atomic E-state index is 0.0463. The summed E-state index contributed by atoms with van der Waals surface area (Å²) < 4.78 is 138. The number of carbonyl (C=O) groups excluding carboxylic acids is 4. The zero-order valence-electron chi connectivity index (χ0n) is 61.7. The molecule has 10 aromatic carbocycles. The van der Waals surface area contributed by atoms with Gasteiger partial charge in [0.05, 0.1) is 41.8 Å². The largest absolute Gasteiger partial charge is 0.497 e. The van der Waals surface area contributed by atoms with E-state index in [4.69, 9.17) is 58.1 Å². The first-order valence-electron chi connectivity index (χ1n) is 35.2. The number of hydroxylamine groups is 3. The summed E-state index contributed by atoms with van der Waals surface area (Å²) in [5, 5.41) is 36.0. The smallest absolute Gasteiger partial charge is 0.274 e. The molecule has 0 fully saturated rings. The topological polar surface area (TPSA) is 362 Å². The lowest BCUT2D eigenvalue weighted by molar-refractivity contribution is 0.0702. The van der Waals surface area contributed by atoms with E-state index in [-0.39, 0.29) is 98.0 Å². The van der Waals surface area contributed by atoms with E-state index < -0.39 is 64.4 Å². The maximum Gasteiger partial charge on any atom is 0.274 e. The van der Waals surface area contributed by atoms with Gasteiger partial charge in [0.1, 0.15) is 29.7 Å². The lowest BCUT2D eigenvalue weighted by Gasteiger charge is -2.20. The van der Waals surface area contributed by atoms with Gasteiger partial charge in [0.15, 0.2) is 5.78 Å². The van der Waals surface area contributed by atoms with Crippen molar-refractivity contribution in [3.8, 4) is 50.6 Å². The molecule has 14 rings (SSSR count). The molecule has 26 nitrogen and oxygen atoms in total. The molecule has 4 aliphatic heterocycles. The standard InChI is InChI=1S/C25H25NO5S.C22H19ClN2O5S.C21H16ClFN2O4S.C13H18N2O5S/c1-31-23-8-4-18(5-9-23)19-6-10-24(11-7-19)32(29,30)26-14-12-20-2-3-22(25(28)17-27)16-21(20)13-15-26;1-30-18-6-2-14(3-7-18)15-4-8-19(9-5-15)31(28,29)25-12-17-10-16(22(26)24-27)11-21(23)20(17)13-25;22-20-10-15(21(26)24-27)8-16-11-25(12-19(16)20)30(28,29)18-3-1-2-14(9-18)13-4-6-17(23)7-5-13;1-3-4-21(18,19)15-7-10-5-9(13(16)14-17)6-12(20-2)11(10)8-15/h2-11,16,27H,12-15,17H2,1H3;2-11,27H,12-13H2,1H3,(H,24,26);1-10,27H,11-12H2,(H,24,26);5-6,17H,3-4,7-8H2,1-2H3,(H,14,16). The zero-order valence-corrected chi connectivity index (χ0v) is 66.5. The van der Waals surface area contributed by atoms with Crippen molar-refractivity contribution >= 4 is 86.8 Å². The second-order valence-electron chi connectivity index (χ2n) is 26.5. The number of aliphatic hydroxyl groups is 1. The van der Waals surface area contributed by atoms with Gasteiger partial charge in [0.25, 0.3) is 17.7 Å². The van der Waals surface area contributed by atoms with Gasteiger partial charge in [0, 0.05) is 90.2 Å². The maximum absolute atomic E-state index is 13.3. The summed E-state index contributed by atoms with van der Waals surface area (Å²) in [6, 6.07) is 55.1. The molecule has 0 saturated carbocycles. The van der Waals surface area contributed by atoms with E-state index in [1.807, 2.05) is 73.7 Å². The van der Waals surface area contributed by atoms with E-state index in [2.05, 4.69) is 0 Å². The average molecular weight is 1670 g/mol. The van der Waals surface area contributed by atoms with Gasteiger partial charge < -0.3 is 19.3 Å². The highest BCUT2D eigenvalue weighted by molar-refractivity contribution is 7.90. The van der Waals surface area contributed by atoms with Gasteiger partial charge in [-0.2, -0.15) is 17.2 Å². The SMILES string of the molecule is CCCS(=O)(=O)N1Cc2cc(C(=O)NO)cc(OC)c2C1.COc1ccc(-c2ccc(S(=O)(=O)N3CCc4ccc(C(=O)CO)cc4CC3)cc2)cc1.COc1ccc(-c2ccc(S(=O)(=O)N3Cc4cc(C(=O)NO)cc(Cl)c4C3)cc2)cc1.O=C(NO)c1cc(Cl)c2c(c1)CN(S(=O)(=O)c1cccc(-c3ccc(F)cc3)c1)C2. The second-order valence-corrected chi connectivity index (χ2v) is 35.2. The number of nitrogens with zero attached hydrogens (tertiary/aromatic N) is 4. The first-order chi connectivity index (χ1) is 54.5. The zero-order chi connectivity index (χ0) is 82.0. The van der Waals surface area contributed by atoms with Crippen LogP contribution in [0.5, 0.6) is 17.2 Å². The van der Waals surface area contributed by atoms with Crippen molar-refractivity contribution in [3.63, 3.8) is 0 Å². The fourth-order valence-corrected chi connectivity index (χ4v) is 19.6. The molecular formula is C81H78Cl2FN7O19S4. The monoisotopic (exact) mass is 1670 g/mol. The minimum atomic E-state index is -3.85. The third-order valence-electron chi connectivity index (χ3n) is 19.5. The van der Waals surface area contributed by atoms with Crippen molar-refractivity contribution < 1.29 is 92.2 Å². The highest BCUT2D eigenvalue weighted by atomic mass is 35.5. The van der Waals surface area contributed by atoms with Gasteiger partial charge in [-0.25, -0.2) is 54.5 Å². The van der Waals surface area contributed by atoms with E-state index in [1.165, 1.54) is 84.4 Å². The quantitative estimate of drug-likeness (QED) is 0.0212. The number of Topliss-reactive ketones (excluding diaryl/α,β-unsaturated/α-hetero) is 1. The number of hydrogen-bond acceptors (Lipinski definition) is 19. The summed E-state index contributed by atoms with van der Waals surface area (Å²) >= 11 is 12.5. The van der Waals surface area contributed by atoms with Crippen molar-refractivity contribution in [3.05, 3.63) is 283 Å². The summed E-state index contributed by atoms with van der Waals surface area (Å²) in [4.78, 5) is 47.2. The molecule has 0 radical (unpaired) electrons. The number of benzene rings is 10. The van der Waals surface area contributed by atoms with Gasteiger partial charge >= 0.3 is 0 Å². The van der Waals surface area contributed by atoms with Crippen LogP contribution in [0.1, 0.15) is 99.3 Å². The summed E-state index contributed by atoms with van der Waals surface area (Å²) in [6.45, 7) is 2.75. The van der Waals surface area contributed by atoms with E-state index >= 15 is 0 Å². The summed E-state index contributed by atoms with van der Waals surface area (Å²) in [6.07, 6.45) is 1.64. The summed E-state index contributed by atoms with van der Waals surface area (Å²) in [7, 11) is -9.90. The first-order valence-corrected chi connectivity index (χ1v) is 41.9. The number of aliphatic hydroxyl groups excluding tert-OH is 1. The van der Waals surface area contributed by atoms with Gasteiger partial charge in [-0.15, -0.1) is 0 Å². The number of sulfonamides is 4. The van der Waals surface area contributed by atoms with E-state index in [0.717, 1.165) is 50.4 Å². The Morgan fingerprint density at radius 3 is 1.25 bits per heavy atom. The normalized spacial score (nSPS) is 14.1. The Balaban J connectivity index is 0.000000151. The van der Waals surface area contributed by atoms with Crippen molar-refractivity contribution in [1.82, 2.24) is 33.7 Å². The third kappa shape index (κ3) is 19.0. The Labute approximate surface area is 668 Å². The Bertz CT molecular complexity index is 5760. The molecule has 0 saturated heterocycles. The number of nitrogens with one attached hydrogen (secondary N) is 3. The summed E-state index contributed by atoms with van der Waals surface area (Å²) in [5.74, 6) is -0.757. The number of amides is 3. The van der Waals surface area contributed by atoms with Gasteiger partial charge in [-0.3, -0.25) is 34.8 Å². The Morgan fingerprint density at radius 1 is 0.412 bits per heavy atom. The number of hydrogen-bond donors (Lipinski definition) is 7. The van der Waals surface area contributed by atoms with Gasteiger partial charge in [-0.1, -0.05) is 115 Å². The molecule has 0 aromatic heterocycles. The lowest BCUT2D eigenvalue weighted by atomic mass is 9.98. The van der Waals surface area contributed by atoms with Crippen LogP contribution in [0.3, 0.4) is 0 Å². The highest BCUT2D eigenvalue weighted by Gasteiger charge is 2.36. The molecule has 3 amide bonds. The van der Waals surface area contributed by atoms with Crippen LogP contribution in [0.2, 0.25) is 10.0 Å². The number of methoxy groups -OCH3 is 3. The summed E-state index contributed by atoms with van der Waals surface area (Å²) in [5.41, 5.74) is 16.7. The molecule has 0 unspecified atom stereocenters. The number of rotatable bonds is 20. The van der Waals surface area contributed by atoms with Crippen LogP contribution in [-0.2, 0) is 92.2 Å². The number of fused-ring (bicyclic) bond motifs is 4. The molecule has 33 heteroatoms. The molecule has 114 heavy (non-hydrogen) atoms. The van der Waals surface area contributed by atoms with Crippen molar-refractivity contribution in [2.45, 2.75) is 80.1 Å². The minimum Gasteiger partial charge on any atom is -0.497 e. The Hall–Kier alpha value is -10.3. The van der Waals surface area contributed by atoms with Gasteiger partial charge in [-0.05, 0) is 207 Å². The Morgan fingerprint density at radius 2 is 0.807 bits per heavy atom. The van der Waals surface area contributed by atoms with Crippen LogP contribution < -0.4 is 30.7 Å². The fourth-order valence-electron chi connectivity index (χ4n) is 13.3. The van der Waals surface area contributed by atoms with E-state index in [0.29, 0.717) is 82.6 Å². The highest BCUT2D eigenvalue weighted by Crippen LogP contribution is 2.39. The molecule has 0 aliphatic carbocycles. The Kier molecular flexibility index (Phi) is 27.0. The van der Waals surface area contributed by atoms with Crippen LogP contribution in [0.15, 0.2) is 215 Å². The second kappa shape index (κ2) is 36.4. The van der Waals surface area contributed by atoms with Crippen LogP contribution in [-0.4, -0.2) is 142 Å². The van der Waals surface area contributed by atoms with Crippen molar-refractivity contribution in [2.24, 2.45) is 0 Å². The van der Waals surface area contributed by atoms with Crippen molar-refractivity contribution in [1.29, 1.82) is 0 Å². The molecule has 4 heterocycles. The maximum atomic E-state index is 13.3. The molecule has 7 N–H and O–H groups in total. The molecule has 0 bridgehead atoms. The molecule has 0 atom stereocenters. The molecule has 4 aliphatic rings. The van der Waals surface area contributed by atoms with Crippen LogP contribution in [0.4, 0.5) is 4.39 Å². The number of ether oxygens (including phenoxy) is 3. The first kappa shape index (κ1) is 84.6. The van der Waals surface area contributed by atoms with Crippen LogP contribution in [0, 0.1) is 5.82 Å². The predicted octanol–water partition coefficient (Wildman–Crippen LogP) is 12.0. The average Bonchev–Trinajstić information content (AvgIpc) is 1.62. The van der Waals surface area contributed by atoms with Gasteiger partial charge in [0.2, 0.25) is 40.1 Å². The number of halogens is 3.